The first kappa shape index (κ1) is 9.03. The molecule has 1 aromatic carbocycles. The Kier molecular flexibility index (Phi) is 2.56. The molecule has 0 aliphatic carbocycles. The van der Waals surface area contributed by atoms with Gasteiger partial charge in [-0.2, -0.15) is 0 Å². The fourth-order valence-electron chi connectivity index (χ4n) is 1.16. The highest BCUT2D eigenvalue weighted by Crippen LogP contribution is 2.28. The zero-order valence-electron chi connectivity index (χ0n) is 6.67. The Hall–Kier alpha value is -0.540. The minimum atomic E-state index is 1.06. The molecular formula is C10H6Br2N. The molecule has 3 heteroatoms. The average molecular weight is 300 g/mol. The van der Waals surface area contributed by atoms with Crippen molar-refractivity contribution in [2.75, 3.05) is 0 Å². The van der Waals surface area contributed by atoms with Crippen LogP contribution in [0.1, 0.15) is 0 Å². The Morgan fingerprint density at radius 1 is 1.15 bits per heavy atom. The monoisotopic (exact) mass is 298 g/mol. The maximum atomic E-state index is 3.50. The summed E-state index contributed by atoms with van der Waals surface area (Å²) >= 11 is 7.01. The minimum absolute atomic E-state index is 1.06. The maximum absolute atomic E-state index is 3.50. The smallest absolute Gasteiger partial charge is 0.0735 e. The second-order valence-electron chi connectivity index (χ2n) is 2.59. The van der Waals surface area contributed by atoms with Crippen molar-refractivity contribution in [3.63, 3.8) is 0 Å². The van der Waals surface area contributed by atoms with Crippen molar-refractivity contribution in [3.05, 3.63) is 51.7 Å². The third-order valence-electron chi connectivity index (χ3n) is 1.74. The van der Waals surface area contributed by atoms with E-state index in [2.05, 4.69) is 37.9 Å². The lowest BCUT2D eigenvalue weighted by atomic mass is 10.3. The second-order valence-corrected chi connectivity index (χ2v) is 4.30. The molecule has 2 aromatic rings. The van der Waals surface area contributed by atoms with Crippen LogP contribution in [-0.4, -0.2) is 4.57 Å². The molecule has 0 N–H and O–H groups in total. The molecule has 2 rings (SSSR count). The standard InChI is InChI=1S/C10H6Br2N/c11-8-4-3-5-9(12)10(8)13-6-1-2-7-13/h1,3-7H. The number of rotatable bonds is 1. The third kappa shape index (κ3) is 1.71. The van der Waals surface area contributed by atoms with Crippen molar-refractivity contribution in [1.82, 2.24) is 4.57 Å². The average Bonchev–Trinajstić information content (AvgIpc) is 2.57. The van der Waals surface area contributed by atoms with Crippen LogP contribution in [0, 0.1) is 6.07 Å². The quantitative estimate of drug-likeness (QED) is 0.755. The lowest BCUT2D eigenvalue weighted by Gasteiger charge is -2.07. The van der Waals surface area contributed by atoms with E-state index in [-0.39, 0.29) is 0 Å². The molecule has 0 fully saturated rings. The zero-order valence-corrected chi connectivity index (χ0v) is 9.84. The summed E-state index contributed by atoms with van der Waals surface area (Å²) in [5.41, 5.74) is 1.10. The van der Waals surface area contributed by atoms with Crippen molar-refractivity contribution in [3.8, 4) is 5.69 Å². The molecule has 0 aliphatic rings. The number of hydrogen-bond acceptors (Lipinski definition) is 0. The minimum Gasteiger partial charge on any atom is -0.321 e. The third-order valence-corrected chi connectivity index (χ3v) is 3.02. The van der Waals surface area contributed by atoms with Crippen molar-refractivity contribution < 1.29 is 0 Å². The van der Waals surface area contributed by atoms with Crippen LogP contribution in [0.2, 0.25) is 0 Å². The molecule has 1 aromatic heterocycles. The predicted octanol–water partition coefficient (Wildman–Crippen LogP) is 3.80. The Labute approximate surface area is 93.6 Å². The van der Waals surface area contributed by atoms with Crippen LogP contribution >= 0.6 is 31.9 Å². The molecule has 1 heterocycles. The van der Waals surface area contributed by atoms with Gasteiger partial charge in [-0.05, 0) is 50.1 Å². The zero-order chi connectivity index (χ0) is 9.26. The molecule has 0 bridgehead atoms. The summed E-state index contributed by atoms with van der Waals surface area (Å²) in [5.74, 6) is 0. The van der Waals surface area contributed by atoms with Crippen LogP contribution in [0.15, 0.2) is 45.6 Å². The second kappa shape index (κ2) is 3.68. The Morgan fingerprint density at radius 3 is 2.38 bits per heavy atom. The summed E-state index contributed by atoms with van der Waals surface area (Å²) in [6.45, 7) is 0. The molecule has 1 nitrogen and oxygen atoms in total. The predicted molar refractivity (Wildman–Crippen MR) is 60.0 cm³/mol. The van der Waals surface area contributed by atoms with Gasteiger partial charge in [0, 0.05) is 27.4 Å². The van der Waals surface area contributed by atoms with Crippen LogP contribution < -0.4 is 0 Å². The van der Waals surface area contributed by atoms with Gasteiger partial charge >= 0.3 is 0 Å². The number of benzene rings is 1. The number of halogens is 2. The van der Waals surface area contributed by atoms with E-state index in [0.29, 0.717) is 0 Å². The normalized spacial score (nSPS) is 10.3. The van der Waals surface area contributed by atoms with Crippen LogP contribution in [0.3, 0.4) is 0 Å². The van der Waals surface area contributed by atoms with Gasteiger partial charge < -0.3 is 4.57 Å². The van der Waals surface area contributed by atoms with Crippen LogP contribution in [0.25, 0.3) is 5.69 Å². The molecule has 0 saturated carbocycles. The van der Waals surface area contributed by atoms with E-state index in [1.165, 1.54) is 0 Å². The van der Waals surface area contributed by atoms with Gasteiger partial charge in [0.2, 0.25) is 0 Å². The van der Waals surface area contributed by atoms with E-state index < -0.39 is 0 Å². The van der Waals surface area contributed by atoms with E-state index >= 15 is 0 Å². The van der Waals surface area contributed by atoms with Crippen molar-refractivity contribution >= 4 is 31.9 Å². The Morgan fingerprint density at radius 2 is 1.85 bits per heavy atom. The van der Waals surface area contributed by atoms with Crippen LogP contribution in [-0.2, 0) is 0 Å². The summed E-state index contributed by atoms with van der Waals surface area (Å²) in [6.07, 6.45) is 3.86. The van der Waals surface area contributed by atoms with Gasteiger partial charge in [0.05, 0.1) is 5.69 Å². The molecule has 1 radical (unpaired) electrons. The van der Waals surface area contributed by atoms with E-state index in [1.54, 1.807) is 0 Å². The van der Waals surface area contributed by atoms with Crippen molar-refractivity contribution in [2.45, 2.75) is 0 Å². The summed E-state index contributed by atoms with van der Waals surface area (Å²) in [4.78, 5) is 0. The number of aromatic nitrogens is 1. The van der Waals surface area contributed by atoms with Gasteiger partial charge in [-0.15, -0.1) is 0 Å². The van der Waals surface area contributed by atoms with Gasteiger partial charge in [-0.3, -0.25) is 0 Å². The fraction of sp³-hybridized carbons (Fsp3) is 0. The van der Waals surface area contributed by atoms with E-state index in [0.717, 1.165) is 14.6 Å². The highest BCUT2D eigenvalue weighted by atomic mass is 79.9. The highest BCUT2D eigenvalue weighted by molar-refractivity contribution is 9.11. The van der Waals surface area contributed by atoms with Gasteiger partial charge in [0.25, 0.3) is 0 Å². The topological polar surface area (TPSA) is 4.93 Å². The molecule has 0 amide bonds. The Balaban J connectivity index is 2.64. The van der Waals surface area contributed by atoms with Crippen LogP contribution in [0.5, 0.6) is 0 Å². The van der Waals surface area contributed by atoms with E-state index in [1.807, 2.05) is 41.2 Å². The van der Waals surface area contributed by atoms with Gasteiger partial charge in [0.1, 0.15) is 0 Å². The lowest BCUT2D eigenvalue weighted by Crippen LogP contribution is -1.92. The number of hydrogen-bond donors (Lipinski definition) is 0. The fourth-order valence-corrected chi connectivity index (χ4v) is 2.57. The molecule has 0 saturated heterocycles. The SMILES string of the molecule is Brc1cccc(Br)c1-n1c[c]cc1. The summed E-state index contributed by atoms with van der Waals surface area (Å²) in [6, 6.07) is 10.9. The maximum Gasteiger partial charge on any atom is 0.0735 e. The number of para-hydroxylation sites is 1. The first-order chi connectivity index (χ1) is 6.29. The van der Waals surface area contributed by atoms with Crippen molar-refractivity contribution in [2.24, 2.45) is 0 Å². The highest BCUT2D eigenvalue weighted by Gasteiger charge is 2.04. The summed E-state index contributed by atoms with van der Waals surface area (Å²) in [7, 11) is 0. The molecule has 13 heavy (non-hydrogen) atoms. The van der Waals surface area contributed by atoms with Gasteiger partial charge in [0.15, 0.2) is 0 Å². The molecular weight excluding hydrogens is 294 g/mol. The van der Waals surface area contributed by atoms with Gasteiger partial charge in [-0.25, -0.2) is 0 Å². The van der Waals surface area contributed by atoms with Crippen molar-refractivity contribution in [1.29, 1.82) is 0 Å². The summed E-state index contributed by atoms with van der Waals surface area (Å²) < 4.78 is 4.13. The molecule has 0 atom stereocenters. The first-order valence-electron chi connectivity index (χ1n) is 3.77. The van der Waals surface area contributed by atoms with E-state index in [4.69, 9.17) is 0 Å². The molecule has 65 valence electrons. The lowest BCUT2D eigenvalue weighted by molar-refractivity contribution is 1.06. The Bertz CT molecular complexity index is 387. The van der Waals surface area contributed by atoms with Crippen LogP contribution in [0.4, 0.5) is 0 Å². The first-order valence-corrected chi connectivity index (χ1v) is 5.36. The molecule has 0 unspecified atom stereocenters. The summed E-state index contributed by atoms with van der Waals surface area (Å²) in [5, 5.41) is 0. The van der Waals surface area contributed by atoms with Gasteiger partial charge in [-0.1, -0.05) is 6.07 Å². The van der Waals surface area contributed by atoms with E-state index in [9.17, 15) is 0 Å². The molecule has 0 spiro atoms. The largest absolute Gasteiger partial charge is 0.321 e. The number of nitrogens with zero attached hydrogens (tertiary/aromatic N) is 1. The molecule has 0 aliphatic heterocycles.